The number of rotatable bonds is 5. The molecule has 0 fully saturated rings. The van der Waals surface area contributed by atoms with Crippen LogP contribution >= 0.6 is 59.5 Å². The van der Waals surface area contributed by atoms with Gasteiger partial charge in [-0.15, -0.1) is 0 Å². The number of amides is 1. The first-order chi connectivity index (χ1) is 7.46. The van der Waals surface area contributed by atoms with Crippen LogP contribution in [0, 0.1) is 0 Å². The van der Waals surface area contributed by atoms with Gasteiger partial charge in [0.2, 0.25) is 4.65 Å². The van der Waals surface area contributed by atoms with Crippen molar-refractivity contribution in [1.82, 2.24) is 4.31 Å². The van der Waals surface area contributed by atoms with Crippen molar-refractivity contribution in [1.29, 1.82) is 0 Å². The third kappa shape index (κ3) is 3.30. The van der Waals surface area contributed by atoms with Crippen LogP contribution in [-0.4, -0.2) is 34.0 Å². The third-order valence-corrected chi connectivity index (χ3v) is 23.7. The Labute approximate surface area is 119 Å². The Balaban J connectivity index is 3.00. The molecule has 0 saturated carbocycles. The van der Waals surface area contributed by atoms with Crippen molar-refractivity contribution in [2.45, 2.75) is 0 Å². The molecule has 1 rings (SSSR count). The molecule has 10 heteroatoms. The molecule has 1 heterocycles. The largest absolute Gasteiger partial charge is 0.269 e. The van der Waals surface area contributed by atoms with Crippen molar-refractivity contribution >= 4 is 76.4 Å². The lowest BCUT2D eigenvalue weighted by atomic mass is 10.6. The van der Waals surface area contributed by atoms with E-state index in [1.165, 1.54) is 10.4 Å². The van der Waals surface area contributed by atoms with Crippen LogP contribution in [0.5, 0.6) is 0 Å². The second-order valence-electron chi connectivity index (χ2n) is 2.57. The molecule has 1 aliphatic heterocycles. The van der Waals surface area contributed by atoms with Gasteiger partial charge in [-0.25, -0.2) is 4.21 Å². The number of nitrogens with zero attached hydrogens (tertiary/aromatic N) is 1. The summed E-state index contributed by atoms with van der Waals surface area (Å²) in [6.07, 6.45) is 5.39. The molecule has 1 atom stereocenters. The Morgan fingerprint density at radius 3 is 2.19 bits per heavy atom. The van der Waals surface area contributed by atoms with Gasteiger partial charge in [-0.2, -0.15) is 0 Å². The molecule has 0 aromatic heterocycles. The van der Waals surface area contributed by atoms with E-state index in [0.717, 1.165) is 0 Å². The SMILES string of the molecule is CSS[P+](S)(SSC)C1=CC(=O)N(C)S1=O. The molecule has 0 aromatic rings. The van der Waals surface area contributed by atoms with Crippen molar-refractivity contribution < 1.29 is 9.00 Å². The van der Waals surface area contributed by atoms with Gasteiger partial charge in [0.1, 0.15) is 20.8 Å². The minimum Gasteiger partial charge on any atom is -0.269 e. The van der Waals surface area contributed by atoms with E-state index in [1.807, 2.05) is 12.5 Å². The number of thiol groups is 1. The van der Waals surface area contributed by atoms with Gasteiger partial charge in [-0.3, -0.25) is 9.10 Å². The Bertz CT molecular complexity index is 342. The summed E-state index contributed by atoms with van der Waals surface area (Å²) in [5.74, 6) is -0.199. The van der Waals surface area contributed by atoms with E-state index in [2.05, 4.69) is 12.2 Å². The Hall–Kier alpha value is 1.54. The monoisotopic (exact) mass is 352 g/mol. The predicted molar refractivity (Wildman–Crippen MR) is 87.1 cm³/mol. The Morgan fingerprint density at radius 1 is 1.38 bits per heavy atom. The number of carbonyl (C=O) groups is 1. The minimum atomic E-state index is -1.90. The number of hydrogen-bond acceptors (Lipinski definition) is 7. The first-order valence-electron chi connectivity index (χ1n) is 3.94. The molecule has 0 saturated heterocycles. The van der Waals surface area contributed by atoms with Gasteiger partial charge in [-0.05, 0) is 12.5 Å². The molecule has 0 bridgehead atoms. The fourth-order valence-corrected chi connectivity index (χ4v) is 24.0. The van der Waals surface area contributed by atoms with Crippen LogP contribution in [0.2, 0.25) is 0 Å². The van der Waals surface area contributed by atoms with Gasteiger partial charge in [0, 0.05) is 19.3 Å². The second kappa shape index (κ2) is 6.63. The molecular formula is C6H11NO2PS6+. The highest BCUT2D eigenvalue weighted by Crippen LogP contribution is 2.92. The fraction of sp³-hybridized carbons (Fsp3) is 0.500. The average molecular weight is 353 g/mol. The molecule has 92 valence electrons. The summed E-state index contributed by atoms with van der Waals surface area (Å²) in [6, 6.07) is 0. The zero-order valence-electron chi connectivity index (χ0n) is 8.78. The lowest BCUT2D eigenvalue weighted by molar-refractivity contribution is -0.120. The number of likely N-dealkylation sites (N-methyl/N-ethyl adjacent to an activating group) is 1. The van der Waals surface area contributed by atoms with Gasteiger partial charge < -0.3 is 0 Å². The molecule has 1 amide bonds. The smallest absolute Gasteiger partial charge is 0.263 e. The van der Waals surface area contributed by atoms with E-state index in [4.69, 9.17) is 0 Å². The molecule has 0 N–H and O–H groups in total. The van der Waals surface area contributed by atoms with Crippen LogP contribution in [0.25, 0.3) is 0 Å². The summed E-state index contributed by atoms with van der Waals surface area (Å²) >= 11 is 4.67. The molecule has 16 heavy (non-hydrogen) atoms. The highest BCUT2D eigenvalue weighted by Gasteiger charge is 2.51. The van der Waals surface area contributed by atoms with Crippen LogP contribution in [0.1, 0.15) is 0 Å². The average Bonchev–Trinajstić information content (AvgIpc) is 2.47. The molecule has 0 spiro atoms. The summed E-state index contributed by atoms with van der Waals surface area (Å²) < 4.78 is 13.9. The molecule has 3 nitrogen and oxygen atoms in total. The first-order valence-corrected chi connectivity index (χ1v) is 14.3. The quantitative estimate of drug-likeness (QED) is 0.462. The topological polar surface area (TPSA) is 37.4 Å². The normalized spacial score (nSPS) is 21.5. The van der Waals surface area contributed by atoms with Gasteiger partial charge in [-0.1, -0.05) is 21.6 Å². The van der Waals surface area contributed by atoms with Crippen LogP contribution in [-0.2, 0) is 15.8 Å². The summed E-state index contributed by atoms with van der Waals surface area (Å²) in [7, 11) is 6.58. The standard InChI is InChI=1S/C6H11NO2PS6/c1-7-5(8)4-6(16(7)9)10(11,14-12-2)15-13-3/h4,11H,1-3H3/q+1. The van der Waals surface area contributed by atoms with Crippen molar-refractivity contribution in [3.05, 3.63) is 10.7 Å². The van der Waals surface area contributed by atoms with Crippen molar-refractivity contribution in [2.24, 2.45) is 0 Å². The second-order valence-corrected chi connectivity index (χ2v) is 19.8. The highest BCUT2D eigenvalue weighted by atomic mass is 33.7. The van der Waals surface area contributed by atoms with Crippen LogP contribution < -0.4 is 0 Å². The van der Waals surface area contributed by atoms with E-state index >= 15 is 0 Å². The van der Waals surface area contributed by atoms with Crippen molar-refractivity contribution in [2.75, 3.05) is 19.6 Å². The zero-order chi connectivity index (χ0) is 12.3. The Kier molecular flexibility index (Phi) is 6.47. The van der Waals surface area contributed by atoms with Crippen LogP contribution in [0.15, 0.2) is 10.7 Å². The van der Waals surface area contributed by atoms with E-state index in [9.17, 15) is 9.00 Å². The molecule has 1 unspecified atom stereocenters. The molecule has 0 aliphatic carbocycles. The lowest BCUT2D eigenvalue weighted by Crippen LogP contribution is -2.20. The molecule has 1 aliphatic rings. The highest BCUT2D eigenvalue weighted by molar-refractivity contribution is 9.38. The van der Waals surface area contributed by atoms with E-state index < -0.39 is 15.9 Å². The number of hydrogen-bond donors (Lipinski definition) is 1. The van der Waals surface area contributed by atoms with Gasteiger partial charge in [0.05, 0.1) is 6.08 Å². The first kappa shape index (κ1) is 15.6. The lowest BCUT2D eigenvalue weighted by Gasteiger charge is -2.15. The molecule has 0 aromatic carbocycles. The molecule has 0 radical (unpaired) electrons. The maximum absolute atomic E-state index is 12.0. The van der Waals surface area contributed by atoms with Crippen LogP contribution in [0.3, 0.4) is 0 Å². The van der Waals surface area contributed by atoms with Gasteiger partial charge >= 0.3 is 0 Å². The third-order valence-electron chi connectivity index (χ3n) is 1.61. The fourth-order valence-electron chi connectivity index (χ4n) is 0.937. The maximum atomic E-state index is 12.0. The van der Waals surface area contributed by atoms with Gasteiger partial charge in [0.15, 0.2) is 11.0 Å². The summed E-state index contributed by atoms with van der Waals surface area (Å²) in [6.45, 7) is 0. The summed E-state index contributed by atoms with van der Waals surface area (Å²) in [5, 5.41) is 0. The molecular weight excluding hydrogens is 341 g/mol. The Morgan fingerprint density at radius 2 is 1.88 bits per heavy atom. The van der Waals surface area contributed by atoms with E-state index in [1.54, 1.807) is 49.5 Å². The summed E-state index contributed by atoms with van der Waals surface area (Å²) in [4.78, 5) is 9.56. The van der Waals surface area contributed by atoms with Crippen molar-refractivity contribution in [3.8, 4) is 0 Å². The predicted octanol–water partition coefficient (Wildman–Crippen LogP) is 3.68. The van der Waals surface area contributed by atoms with E-state index in [-0.39, 0.29) is 5.91 Å². The van der Waals surface area contributed by atoms with Crippen molar-refractivity contribution in [3.63, 3.8) is 0 Å². The van der Waals surface area contributed by atoms with E-state index in [0.29, 0.717) is 4.65 Å². The summed E-state index contributed by atoms with van der Waals surface area (Å²) in [5.41, 5.74) is 0. The maximum Gasteiger partial charge on any atom is 0.263 e. The van der Waals surface area contributed by atoms with Crippen LogP contribution in [0.4, 0.5) is 0 Å². The number of carbonyl (C=O) groups excluding carboxylic acids is 1. The minimum absolute atomic E-state index is 0.199. The van der Waals surface area contributed by atoms with Gasteiger partial charge in [0.25, 0.3) is 10.8 Å². The zero-order valence-corrected chi connectivity index (χ0v) is 14.6.